The van der Waals surface area contributed by atoms with Crippen molar-refractivity contribution in [3.63, 3.8) is 0 Å². The number of aromatic amines is 1. The average Bonchev–Trinajstić information content (AvgIpc) is 2.84. The van der Waals surface area contributed by atoms with E-state index in [1.807, 2.05) is 12.1 Å². The normalized spacial score (nSPS) is 28.0. The third kappa shape index (κ3) is 2.47. The first-order valence-corrected chi connectivity index (χ1v) is 8.36. The van der Waals surface area contributed by atoms with E-state index in [2.05, 4.69) is 22.2 Å². The molecule has 1 aromatic carbocycles. The van der Waals surface area contributed by atoms with Gasteiger partial charge in [0.15, 0.2) is 0 Å². The summed E-state index contributed by atoms with van der Waals surface area (Å²) in [5.41, 5.74) is 0.938. The van der Waals surface area contributed by atoms with E-state index >= 15 is 0 Å². The largest absolute Gasteiger partial charge is 0.334 e. The SMILES string of the molecule is CN1[C@@H]2CCC[C@H]1C[C@@H](NC(=O)n1c(=O)[nH]c3ccccc31)C2. The van der Waals surface area contributed by atoms with Crippen LogP contribution in [0.2, 0.25) is 0 Å². The molecule has 1 amide bonds. The lowest BCUT2D eigenvalue weighted by Crippen LogP contribution is -2.56. The second kappa shape index (κ2) is 5.53. The standard InChI is InChI=1S/C17H22N4O2/c1-20-12-5-4-6-13(20)10-11(9-12)18-16(22)21-15-8-3-2-7-14(15)19-17(21)23/h2-3,7-8,11-13H,4-6,9-10H2,1H3,(H,18,22)(H,19,23)/t11-,12+,13-. The minimum Gasteiger partial charge on any atom is -0.334 e. The zero-order valence-corrected chi connectivity index (χ0v) is 13.3. The fourth-order valence-corrected chi connectivity index (χ4v) is 4.23. The Balaban J connectivity index is 1.56. The molecule has 2 aliphatic heterocycles. The smallest absolute Gasteiger partial charge is 0.334 e. The monoisotopic (exact) mass is 314 g/mol. The number of imidazole rings is 1. The number of para-hydroxylation sites is 2. The number of rotatable bonds is 1. The highest BCUT2D eigenvalue weighted by atomic mass is 16.2. The molecule has 2 saturated heterocycles. The van der Waals surface area contributed by atoms with Crippen molar-refractivity contribution in [3.05, 3.63) is 34.7 Å². The summed E-state index contributed by atoms with van der Waals surface area (Å²) in [5.74, 6) is 0. The summed E-state index contributed by atoms with van der Waals surface area (Å²) >= 11 is 0. The van der Waals surface area contributed by atoms with Crippen LogP contribution in [-0.2, 0) is 0 Å². The van der Waals surface area contributed by atoms with Gasteiger partial charge in [0.05, 0.1) is 11.0 Å². The average molecular weight is 314 g/mol. The summed E-state index contributed by atoms with van der Waals surface area (Å²) in [5, 5.41) is 3.08. The second-order valence-corrected chi connectivity index (χ2v) is 6.80. The van der Waals surface area contributed by atoms with E-state index < -0.39 is 0 Å². The number of piperidine rings is 2. The zero-order chi connectivity index (χ0) is 16.0. The summed E-state index contributed by atoms with van der Waals surface area (Å²) in [6.45, 7) is 0. The number of carbonyl (C=O) groups is 1. The van der Waals surface area contributed by atoms with Crippen LogP contribution in [-0.4, -0.2) is 45.7 Å². The number of H-pyrrole nitrogens is 1. The molecule has 6 heteroatoms. The Morgan fingerprint density at radius 1 is 1.22 bits per heavy atom. The molecule has 3 heterocycles. The van der Waals surface area contributed by atoms with Gasteiger partial charge in [-0.3, -0.25) is 0 Å². The molecule has 2 N–H and O–H groups in total. The third-order valence-electron chi connectivity index (χ3n) is 5.46. The number of nitrogens with zero attached hydrogens (tertiary/aromatic N) is 2. The van der Waals surface area contributed by atoms with Crippen LogP contribution in [0.3, 0.4) is 0 Å². The van der Waals surface area contributed by atoms with E-state index in [9.17, 15) is 9.59 Å². The number of benzene rings is 1. The topological polar surface area (TPSA) is 70.1 Å². The maximum atomic E-state index is 12.6. The number of hydrogen-bond donors (Lipinski definition) is 2. The van der Waals surface area contributed by atoms with Crippen LogP contribution in [0.25, 0.3) is 11.0 Å². The van der Waals surface area contributed by atoms with Gasteiger partial charge in [-0.1, -0.05) is 18.6 Å². The van der Waals surface area contributed by atoms with E-state index in [-0.39, 0.29) is 17.8 Å². The highest BCUT2D eigenvalue weighted by molar-refractivity contribution is 5.89. The minimum absolute atomic E-state index is 0.148. The Morgan fingerprint density at radius 3 is 2.65 bits per heavy atom. The summed E-state index contributed by atoms with van der Waals surface area (Å²) in [6, 6.07) is 8.20. The molecule has 2 aliphatic rings. The van der Waals surface area contributed by atoms with Gasteiger partial charge >= 0.3 is 11.7 Å². The Bertz CT molecular complexity index is 779. The number of nitrogens with one attached hydrogen (secondary N) is 2. The zero-order valence-electron chi connectivity index (χ0n) is 13.3. The van der Waals surface area contributed by atoms with Gasteiger partial charge < -0.3 is 15.2 Å². The van der Waals surface area contributed by atoms with E-state index in [4.69, 9.17) is 0 Å². The van der Waals surface area contributed by atoms with E-state index in [1.54, 1.807) is 12.1 Å². The first-order chi connectivity index (χ1) is 11.1. The van der Waals surface area contributed by atoms with Crippen molar-refractivity contribution in [1.82, 2.24) is 19.8 Å². The van der Waals surface area contributed by atoms with Gasteiger partial charge in [-0.15, -0.1) is 0 Å². The molecule has 0 radical (unpaired) electrons. The lowest BCUT2D eigenvalue weighted by molar-refractivity contribution is 0.0509. The number of fused-ring (bicyclic) bond motifs is 3. The molecule has 2 bridgehead atoms. The number of hydrogen-bond acceptors (Lipinski definition) is 3. The molecule has 4 rings (SSSR count). The fraction of sp³-hybridized carbons (Fsp3) is 0.529. The van der Waals surface area contributed by atoms with Crippen LogP contribution >= 0.6 is 0 Å². The summed E-state index contributed by atoms with van der Waals surface area (Å²) < 4.78 is 1.21. The Morgan fingerprint density at radius 2 is 1.91 bits per heavy atom. The predicted molar refractivity (Wildman–Crippen MR) is 88.7 cm³/mol. The van der Waals surface area contributed by atoms with Gasteiger partial charge in [0, 0.05) is 18.1 Å². The Labute approximate surface area is 134 Å². The van der Waals surface area contributed by atoms with Crippen LogP contribution < -0.4 is 11.0 Å². The number of amides is 1. The maximum Gasteiger partial charge on any atom is 0.334 e. The van der Waals surface area contributed by atoms with Crippen LogP contribution in [0.5, 0.6) is 0 Å². The van der Waals surface area contributed by atoms with Gasteiger partial charge in [-0.25, -0.2) is 14.2 Å². The maximum absolute atomic E-state index is 12.6. The summed E-state index contributed by atoms with van der Waals surface area (Å²) in [7, 11) is 2.19. The summed E-state index contributed by atoms with van der Waals surface area (Å²) in [6.07, 6.45) is 5.62. The Hall–Kier alpha value is -2.08. The third-order valence-corrected chi connectivity index (χ3v) is 5.46. The molecule has 0 saturated carbocycles. The van der Waals surface area contributed by atoms with E-state index in [0.717, 1.165) is 12.8 Å². The molecule has 0 aliphatic carbocycles. The molecule has 122 valence electrons. The Kier molecular flexibility index (Phi) is 3.49. The molecule has 2 fully saturated rings. The minimum atomic E-state index is -0.378. The lowest BCUT2D eigenvalue weighted by Gasteiger charge is -2.47. The van der Waals surface area contributed by atoms with Crippen LogP contribution in [0.1, 0.15) is 32.1 Å². The van der Waals surface area contributed by atoms with Crippen molar-refractivity contribution in [2.45, 2.75) is 50.2 Å². The molecule has 1 aromatic heterocycles. The highest BCUT2D eigenvalue weighted by Crippen LogP contribution is 2.32. The van der Waals surface area contributed by atoms with Gasteiger partial charge in [0.25, 0.3) is 0 Å². The fourth-order valence-electron chi connectivity index (χ4n) is 4.23. The van der Waals surface area contributed by atoms with Crippen molar-refractivity contribution in [3.8, 4) is 0 Å². The molecule has 0 unspecified atom stereocenters. The molecule has 2 aromatic rings. The van der Waals surface area contributed by atoms with Crippen molar-refractivity contribution >= 4 is 17.1 Å². The van der Waals surface area contributed by atoms with Crippen molar-refractivity contribution in [2.24, 2.45) is 0 Å². The number of aromatic nitrogens is 2. The van der Waals surface area contributed by atoms with Gasteiger partial charge in [-0.05, 0) is 44.9 Å². The van der Waals surface area contributed by atoms with E-state index in [0.29, 0.717) is 23.1 Å². The van der Waals surface area contributed by atoms with Crippen LogP contribution in [0, 0.1) is 0 Å². The molecular weight excluding hydrogens is 292 g/mol. The molecule has 0 spiro atoms. The van der Waals surface area contributed by atoms with Crippen LogP contribution in [0.15, 0.2) is 29.1 Å². The second-order valence-electron chi connectivity index (χ2n) is 6.80. The summed E-state index contributed by atoms with van der Waals surface area (Å²) in [4.78, 5) is 29.9. The first-order valence-electron chi connectivity index (χ1n) is 8.36. The van der Waals surface area contributed by atoms with Crippen LogP contribution in [0.4, 0.5) is 4.79 Å². The first kappa shape index (κ1) is 14.5. The molecular formula is C17H22N4O2. The lowest BCUT2D eigenvalue weighted by atomic mass is 9.82. The molecule has 3 atom stereocenters. The van der Waals surface area contributed by atoms with Crippen molar-refractivity contribution in [1.29, 1.82) is 0 Å². The molecule has 6 nitrogen and oxygen atoms in total. The van der Waals surface area contributed by atoms with Gasteiger partial charge in [0.2, 0.25) is 0 Å². The quantitative estimate of drug-likeness (QED) is 0.844. The van der Waals surface area contributed by atoms with E-state index in [1.165, 1.54) is 23.8 Å². The van der Waals surface area contributed by atoms with Crippen molar-refractivity contribution < 1.29 is 4.79 Å². The molecule has 23 heavy (non-hydrogen) atoms. The predicted octanol–water partition coefficient (Wildman–Crippen LogP) is 1.90. The number of carbonyl (C=O) groups excluding carboxylic acids is 1. The highest BCUT2D eigenvalue weighted by Gasteiger charge is 2.36. The van der Waals surface area contributed by atoms with Gasteiger partial charge in [0.1, 0.15) is 0 Å². The van der Waals surface area contributed by atoms with Gasteiger partial charge in [-0.2, -0.15) is 0 Å². The van der Waals surface area contributed by atoms with Crippen molar-refractivity contribution in [2.75, 3.05) is 7.05 Å².